The van der Waals surface area contributed by atoms with Crippen molar-refractivity contribution in [2.45, 2.75) is 6.18 Å². The van der Waals surface area contributed by atoms with Gasteiger partial charge in [0, 0.05) is 0 Å². The van der Waals surface area contributed by atoms with Gasteiger partial charge in [-0.05, 0) is 36.4 Å². The number of anilines is 1. The van der Waals surface area contributed by atoms with E-state index in [0.29, 0.717) is 0 Å². The Bertz CT molecular complexity index is 789. The van der Waals surface area contributed by atoms with Gasteiger partial charge >= 0.3 is 6.18 Å². The predicted octanol–water partition coefficient (Wildman–Crippen LogP) is 3.67. The van der Waals surface area contributed by atoms with Crippen LogP contribution >= 0.6 is 0 Å². The largest absolute Gasteiger partial charge is 0.492 e. The smallest absolute Gasteiger partial charge is 0.418 e. The lowest BCUT2D eigenvalue weighted by Gasteiger charge is -2.14. The number of halogens is 4. The summed E-state index contributed by atoms with van der Waals surface area (Å²) < 4.78 is 82.1. The van der Waals surface area contributed by atoms with Gasteiger partial charge in [0.05, 0.1) is 11.3 Å². The van der Waals surface area contributed by atoms with Crippen LogP contribution in [0.25, 0.3) is 0 Å². The molecule has 130 valence electrons. The molecule has 0 aliphatic heterocycles. The molecule has 2 rings (SSSR count). The van der Waals surface area contributed by atoms with E-state index in [1.54, 1.807) is 0 Å². The van der Waals surface area contributed by atoms with E-state index >= 15 is 0 Å². The van der Waals surface area contributed by atoms with E-state index in [1.807, 2.05) is 4.72 Å². The van der Waals surface area contributed by atoms with Crippen LogP contribution in [0.15, 0.2) is 48.5 Å². The van der Waals surface area contributed by atoms with Crippen molar-refractivity contribution in [3.63, 3.8) is 0 Å². The monoisotopic (exact) mass is 363 g/mol. The van der Waals surface area contributed by atoms with Crippen molar-refractivity contribution >= 4 is 15.7 Å². The zero-order valence-corrected chi connectivity index (χ0v) is 13.0. The molecule has 0 spiro atoms. The Hall–Kier alpha value is -2.29. The van der Waals surface area contributed by atoms with Crippen molar-refractivity contribution in [2.24, 2.45) is 0 Å². The number of ether oxygens (including phenoxy) is 1. The molecular weight excluding hydrogens is 350 g/mol. The van der Waals surface area contributed by atoms with Crippen molar-refractivity contribution in [2.75, 3.05) is 17.1 Å². The third-order valence-electron chi connectivity index (χ3n) is 2.93. The van der Waals surface area contributed by atoms with E-state index in [2.05, 4.69) is 0 Å². The van der Waals surface area contributed by atoms with Crippen LogP contribution in [-0.2, 0) is 16.2 Å². The van der Waals surface area contributed by atoms with Crippen LogP contribution in [0.3, 0.4) is 0 Å². The molecule has 0 unspecified atom stereocenters. The summed E-state index contributed by atoms with van der Waals surface area (Å²) in [5.41, 5.74) is -1.63. The molecule has 0 saturated carbocycles. The van der Waals surface area contributed by atoms with Gasteiger partial charge < -0.3 is 4.74 Å². The summed E-state index contributed by atoms with van der Waals surface area (Å²) >= 11 is 0. The fourth-order valence-electron chi connectivity index (χ4n) is 1.84. The second-order valence-corrected chi connectivity index (χ2v) is 6.61. The number of rotatable bonds is 6. The van der Waals surface area contributed by atoms with Crippen LogP contribution in [0.2, 0.25) is 0 Å². The van der Waals surface area contributed by atoms with E-state index in [9.17, 15) is 26.0 Å². The van der Waals surface area contributed by atoms with Gasteiger partial charge in [0.15, 0.2) is 0 Å². The molecule has 0 bridgehead atoms. The SMILES string of the molecule is O=S(=O)(CCOc1ccc(F)cc1)Nc1ccccc1C(F)(F)F. The quantitative estimate of drug-likeness (QED) is 0.797. The minimum atomic E-state index is -4.68. The number of hydrogen-bond donors (Lipinski definition) is 1. The maximum atomic E-state index is 12.8. The maximum Gasteiger partial charge on any atom is 0.418 e. The lowest BCUT2D eigenvalue weighted by atomic mass is 10.2. The van der Waals surface area contributed by atoms with Crippen LogP contribution < -0.4 is 9.46 Å². The van der Waals surface area contributed by atoms with E-state index in [-0.39, 0.29) is 12.4 Å². The molecule has 1 N–H and O–H groups in total. The van der Waals surface area contributed by atoms with Crippen LogP contribution in [0.5, 0.6) is 5.75 Å². The molecule has 2 aromatic carbocycles. The molecule has 9 heteroatoms. The first-order valence-corrected chi connectivity index (χ1v) is 8.38. The Kier molecular flexibility index (Phi) is 5.33. The van der Waals surface area contributed by atoms with Crippen molar-refractivity contribution < 1.29 is 30.7 Å². The van der Waals surface area contributed by atoms with E-state index in [0.717, 1.165) is 30.3 Å². The second kappa shape index (κ2) is 7.08. The Balaban J connectivity index is 2.00. The fourth-order valence-corrected chi connectivity index (χ4v) is 2.76. The summed E-state index contributed by atoms with van der Waals surface area (Å²) in [7, 11) is -4.04. The summed E-state index contributed by atoms with van der Waals surface area (Å²) in [6.07, 6.45) is -4.68. The number of sulfonamides is 1. The zero-order valence-electron chi connectivity index (χ0n) is 12.2. The molecule has 2 aromatic rings. The number of nitrogens with one attached hydrogen (secondary N) is 1. The van der Waals surface area contributed by atoms with Crippen LogP contribution in [0, 0.1) is 5.82 Å². The predicted molar refractivity (Wildman–Crippen MR) is 80.7 cm³/mol. The van der Waals surface area contributed by atoms with Crippen LogP contribution in [-0.4, -0.2) is 20.8 Å². The standard InChI is InChI=1S/C15H13F4NO3S/c16-11-5-7-12(8-6-11)23-9-10-24(21,22)20-14-4-2-1-3-13(14)15(17,18)19/h1-8,20H,9-10H2. The van der Waals surface area contributed by atoms with Crippen molar-refractivity contribution in [3.8, 4) is 5.75 Å². The molecule has 0 aliphatic carbocycles. The highest BCUT2D eigenvalue weighted by atomic mass is 32.2. The molecule has 0 fully saturated rings. The van der Waals surface area contributed by atoms with Gasteiger partial charge in [0.2, 0.25) is 10.0 Å². The molecule has 0 heterocycles. The molecular formula is C15H13F4NO3S. The normalized spacial score (nSPS) is 12.0. The molecule has 0 saturated heterocycles. The van der Waals surface area contributed by atoms with Crippen LogP contribution in [0.4, 0.5) is 23.2 Å². The Morgan fingerprint density at radius 2 is 1.62 bits per heavy atom. The summed E-state index contributed by atoms with van der Waals surface area (Å²) in [6.45, 7) is -0.296. The fraction of sp³-hybridized carbons (Fsp3) is 0.200. The molecule has 0 aliphatic rings. The van der Waals surface area contributed by atoms with E-state index in [4.69, 9.17) is 4.74 Å². The van der Waals surface area contributed by atoms with Gasteiger partial charge in [0.1, 0.15) is 23.9 Å². The van der Waals surface area contributed by atoms with Gasteiger partial charge in [-0.2, -0.15) is 13.2 Å². The van der Waals surface area contributed by atoms with Gasteiger partial charge in [0.25, 0.3) is 0 Å². The number of hydrogen-bond acceptors (Lipinski definition) is 3. The average Bonchev–Trinajstić information content (AvgIpc) is 2.48. The van der Waals surface area contributed by atoms with Gasteiger partial charge in [-0.1, -0.05) is 12.1 Å². The first kappa shape index (κ1) is 18.1. The molecule has 0 amide bonds. The minimum absolute atomic E-state index is 0.252. The Labute approximate surface area is 136 Å². The molecule has 4 nitrogen and oxygen atoms in total. The highest BCUT2D eigenvalue weighted by molar-refractivity contribution is 7.92. The molecule has 0 radical (unpaired) electrons. The molecule has 0 atom stereocenters. The summed E-state index contributed by atoms with van der Waals surface area (Å²) in [5, 5.41) is 0. The Morgan fingerprint density at radius 1 is 1.00 bits per heavy atom. The highest BCUT2D eigenvalue weighted by Crippen LogP contribution is 2.34. The van der Waals surface area contributed by atoms with Crippen molar-refractivity contribution in [1.82, 2.24) is 0 Å². The maximum absolute atomic E-state index is 12.8. The van der Waals surface area contributed by atoms with E-state index in [1.165, 1.54) is 18.2 Å². The lowest BCUT2D eigenvalue weighted by molar-refractivity contribution is -0.136. The topological polar surface area (TPSA) is 55.4 Å². The first-order valence-electron chi connectivity index (χ1n) is 6.72. The zero-order chi connectivity index (χ0) is 17.8. The summed E-state index contributed by atoms with van der Waals surface area (Å²) in [5.74, 6) is -0.779. The highest BCUT2D eigenvalue weighted by Gasteiger charge is 2.34. The number of benzene rings is 2. The lowest BCUT2D eigenvalue weighted by Crippen LogP contribution is -2.23. The van der Waals surface area contributed by atoms with Crippen molar-refractivity contribution in [3.05, 3.63) is 59.9 Å². The third kappa shape index (κ3) is 5.12. The van der Waals surface area contributed by atoms with Crippen molar-refractivity contribution in [1.29, 1.82) is 0 Å². The minimum Gasteiger partial charge on any atom is -0.492 e. The number of alkyl halides is 3. The molecule has 24 heavy (non-hydrogen) atoms. The summed E-state index contributed by atoms with van der Waals surface area (Å²) in [6, 6.07) is 9.18. The second-order valence-electron chi connectivity index (χ2n) is 4.77. The Morgan fingerprint density at radius 3 is 2.25 bits per heavy atom. The third-order valence-corrected chi connectivity index (χ3v) is 4.17. The van der Waals surface area contributed by atoms with Gasteiger partial charge in [-0.3, -0.25) is 4.72 Å². The van der Waals surface area contributed by atoms with Crippen LogP contribution in [0.1, 0.15) is 5.56 Å². The van der Waals surface area contributed by atoms with Gasteiger partial charge in [-0.25, -0.2) is 12.8 Å². The average molecular weight is 363 g/mol. The summed E-state index contributed by atoms with van der Waals surface area (Å²) in [4.78, 5) is 0. The molecule has 0 aromatic heterocycles. The van der Waals surface area contributed by atoms with Gasteiger partial charge in [-0.15, -0.1) is 0 Å². The number of para-hydroxylation sites is 1. The van der Waals surface area contributed by atoms with E-state index < -0.39 is 39.0 Å². The first-order chi connectivity index (χ1) is 11.2.